The minimum absolute atomic E-state index is 0.00322. The van der Waals surface area contributed by atoms with Gasteiger partial charge in [-0.15, -0.1) is 11.3 Å². The van der Waals surface area contributed by atoms with Gasteiger partial charge in [-0.25, -0.2) is 16.8 Å². The smallest absolute Gasteiger partial charge is 0.271 e. The number of nitrogens with one attached hydrogen (secondary N) is 2. The molecular formula is C27H34N2O4S3. The highest BCUT2D eigenvalue weighted by Crippen LogP contribution is 2.32. The van der Waals surface area contributed by atoms with Gasteiger partial charge in [0.1, 0.15) is 8.42 Å². The van der Waals surface area contributed by atoms with Crippen LogP contribution in [0.5, 0.6) is 0 Å². The van der Waals surface area contributed by atoms with Gasteiger partial charge < -0.3 is 5.32 Å². The van der Waals surface area contributed by atoms with Gasteiger partial charge in [0, 0.05) is 6.54 Å². The lowest BCUT2D eigenvalue weighted by atomic mass is 9.87. The third-order valence-electron chi connectivity index (χ3n) is 6.89. The Morgan fingerprint density at radius 1 is 0.833 bits per heavy atom. The average Bonchev–Trinajstić information content (AvgIpc) is 3.24. The summed E-state index contributed by atoms with van der Waals surface area (Å²) in [6.07, 6.45) is 7.90. The van der Waals surface area contributed by atoms with E-state index in [1.807, 2.05) is 12.1 Å². The molecule has 2 aromatic carbocycles. The Morgan fingerprint density at radius 3 is 2.19 bits per heavy atom. The molecule has 6 nitrogen and oxygen atoms in total. The molecule has 1 aromatic heterocycles. The second kappa shape index (κ2) is 11.9. The summed E-state index contributed by atoms with van der Waals surface area (Å²) in [7, 11) is -7.72. The average molecular weight is 547 g/mol. The third kappa shape index (κ3) is 6.56. The third-order valence-corrected chi connectivity index (χ3v) is 12.1. The van der Waals surface area contributed by atoms with E-state index in [-0.39, 0.29) is 13.3 Å². The summed E-state index contributed by atoms with van der Waals surface area (Å²) in [6.45, 7) is 3.74. The van der Waals surface area contributed by atoms with Crippen molar-refractivity contribution < 1.29 is 16.8 Å². The fourth-order valence-electron chi connectivity index (χ4n) is 4.76. The largest absolute Gasteiger partial charge is 0.312 e. The number of hydrogen-bond acceptors (Lipinski definition) is 6. The first-order chi connectivity index (χ1) is 17.3. The summed E-state index contributed by atoms with van der Waals surface area (Å²) in [6, 6.07) is 18.0. The summed E-state index contributed by atoms with van der Waals surface area (Å²) in [4.78, 5) is 0.137. The van der Waals surface area contributed by atoms with Gasteiger partial charge in [0.25, 0.3) is 10.0 Å². The quantitative estimate of drug-likeness (QED) is 0.301. The van der Waals surface area contributed by atoms with Crippen LogP contribution in [-0.4, -0.2) is 23.4 Å². The lowest BCUT2D eigenvalue weighted by molar-refractivity contribution is 0.307. The molecule has 0 amide bonds. The molecule has 1 heterocycles. The SMILES string of the molecule is CC(CNCc1ccccc1NS(=O)(=O)c1ccc(S(=O)(=O)c2ccccc2)s1)C1CCCCCC1. The predicted molar refractivity (Wildman–Crippen MR) is 146 cm³/mol. The topological polar surface area (TPSA) is 92.3 Å². The standard InChI is InChI=1S/C27H34N2O4S3/c1-21(22-11-5-2-3-6-12-22)19-28-20-23-13-9-10-16-25(23)29-36(32,33)27-18-17-26(34-27)35(30,31)24-14-7-4-8-15-24/h4,7-10,13-18,21-22,28-29H,2-3,5-6,11-12,19-20H2,1H3. The molecule has 3 aromatic rings. The summed E-state index contributed by atoms with van der Waals surface area (Å²) >= 11 is 0.752. The number of sulfonamides is 1. The molecule has 194 valence electrons. The predicted octanol–water partition coefficient (Wildman–Crippen LogP) is 6.08. The molecule has 9 heteroatoms. The first-order valence-corrected chi connectivity index (χ1v) is 16.3. The minimum atomic E-state index is -3.94. The molecule has 1 aliphatic rings. The van der Waals surface area contributed by atoms with Crippen LogP contribution in [0.1, 0.15) is 51.0 Å². The van der Waals surface area contributed by atoms with Crippen molar-refractivity contribution >= 4 is 36.9 Å². The molecule has 1 unspecified atom stereocenters. The highest BCUT2D eigenvalue weighted by atomic mass is 32.3. The van der Waals surface area contributed by atoms with Crippen LogP contribution in [0.25, 0.3) is 0 Å². The van der Waals surface area contributed by atoms with Crippen molar-refractivity contribution in [2.24, 2.45) is 11.8 Å². The molecule has 1 atom stereocenters. The maximum Gasteiger partial charge on any atom is 0.271 e. The van der Waals surface area contributed by atoms with Gasteiger partial charge in [0.2, 0.25) is 9.84 Å². The van der Waals surface area contributed by atoms with Crippen molar-refractivity contribution in [1.29, 1.82) is 0 Å². The second-order valence-corrected chi connectivity index (χ2v) is 14.7. The number of para-hydroxylation sites is 1. The van der Waals surface area contributed by atoms with Crippen molar-refractivity contribution in [3.63, 3.8) is 0 Å². The van der Waals surface area contributed by atoms with Crippen LogP contribution in [0.2, 0.25) is 0 Å². The van der Waals surface area contributed by atoms with Gasteiger partial charge in [-0.1, -0.05) is 81.8 Å². The van der Waals surface area contributed by atoms with Crippen molar-refractivity contribution in [2.75, 3.05) is 11.3 Å². The normalized spacial score (nSPS) is 16.4. The highest BCUT2D eigenvalue weighted by molar-refractivity contribution is 7.96. The maximum absolute atomic E-state index is 13.1. The second-order valence-electron chi connectivity index (χ2n) is 9.51. The minimum Gasteiger partial charge on any atom is -0.312 e. The van der Waals surface area contributed by atoms with Gasteiger partial charge in [-0.2, -0.15) is 0 Å². The van der Waals surface area contributed by atoms with E-state index in [0.717, 1.165) is 29.4 Å². The number of anilines is 1. The highest BCUT2D eigenvalue weighted by Gasteiger charge is 2.25. The summed E-state index contributed by atoms with van der Waals surface area (Å²) in [5, 5.41) is 3.52. The van der Waals surface area contributed by atoms with Gasteiger partial charge in [-0.3, -0.25) is 4.72 Å². The van der Waals surface area contributed by atoms with Crippen molar-refractivity contribution in [1.82, 2.24) is 5.32 Å². The van der Waals surface area contributed by atoms with Crippen molar-refractivity contribution in [2.45, 2.75) is 65.3 Å². The molecule has 0 aliphatic heterocycles. The van der Waals surface area contributed by atoms with Crippen LogP contribution in [0.15, 0.2) is 80.0 Å². The van der Waals surface area contributed by atoms with Crippen molar-refractivity contribution in [3.8, 4) is 0 Å². The fourth-order valence-corrected chi connectivity index (χ4v) is 9.05. The van der Waals surface area contributed by atoms with E-state index in [1.54, 1.807) is 30.3 Å². The fraction of sp³-hybridized carbons (Fsp3) is 0.407. The Bertz CT molecular complexity index is 1340. The molecule has 1 fully saturated rings. The molecule has 2 N–H and O–H groups in total. The Hall–Kier alpha value is -2.20. The van der Waals surface area contributed by atoms with E-state index in [1.165, 1.54) is 62.8 Å². The van der Waals surface area contributed by atoms with Crippen LogP contribution in [0.4, 0.5) is 5.69 Å². The summed E-state index contributed by atoms with van der Waals surface area (Å²) in [5.41, 5.74) is 1.34. The Morgan fingerprint density at radius 2 is 1.47 bits per heavy atom. The van der Waals surface area contributed by atoms with E-state index in [2.05, 4.69) is 17.0 Å². The zero-order valence-corrected chi connectivity index (χ0v) is 23.0. The summed E-state index contributed by atoms with van der Waals surface area (Å²) in [5.74, 6) is 1.32. The number of sulfone groups is 1. The van der Waals surface area contributed by atoms with Crippen LogP contribution < -0.4 is 10.0 Å². The number of rotatable bonds is 10. The van der Waals surface area contributed by atoms with E-state index in [9.17, 15) is 16.8 Å². The number of thiophene rings is 1. The van der Waals surface area contributed by atoms with E-state index in [4.69, 9.17) is 0 Å². The van der Waals surface area contributed by atoms with Gasteiger partial charge >= 0.3 is 0 Å². The maximum atomic E-state index is 13.1. The Labute approximate surface area is 219 Å². The Balaban J connectivity index is 1.43. The van der Waals surface area contributed by atoms with Crippen LogP contribution in [0.3, 0.4) is 0 Å². The number of hydrogen-bond donors (Lipinski definition) is 2. The summed E-state index contributed by atoms with van der Waals surface area (Å²) < 4.78 is 54.7. The zero-order chi connectivity index (χ0) is 25.6. The molecule has 0 spiro atoms. The first kappa shape index (κ1) is 26.9. The van der Waals surface area contributed by atoms with E-state index < -0.39 is 19.9 Å². The van der Waals surface area contributed by atoms with Gasteiger partial charge in [0.05, 0.1) is 10.6 Å². The van der Waals surface area contributed by atoms with Gasteiger partial charge in [0.15, 0.2) is 0 Å². The molecule has 0 bridgehead atoms. The lowest BCUT2D eigenvalue weighted by Gasteiger charge is -2.23. The van der Waals surface area contributed by atoms with Crippen LogP contribution in [0, 0.1) is 11.8 Å². The van der Waals surface area contributed by atoms with Crippen LogP contribution >= 0.6 is 11.3 Å². The monoisotopic (exact) mass is 546 g/mol. The molecule has 0 radical (unpaired) electrons. The Kier molecular flexibility index (Phi) is 8.87. The first-order valence-electron chi connectivity index (χ1n) is 12.5. The van der Waals surface area contributed by atoms with E-state index >= 15 is 0 Å². The van der Waals surface area contributed by atoms with Gasteiger partial charge in [-0.05, 0) is 54.3 Å². The molecule has 0 saturated heterocycles. The molecule has 36 heavy (non-hydrogen) atoms. The molecule has 4 rings (SSSR count). The zero-order valence-electron chi connectivity index (χ0n) is 20.5. The van der Waals surface area contributed by atoms with E-state index in [0.29, 0.717) is 18.2 Å². The molecule has 1 aliphatic carbocycles. The molecular weight excluding hydrogens is 513 g/mol. The van der Waals surface area contributed by atoms with Crippen LogP contribution in [-0.2, 0) is 26.4 Å². The number of benzene rings is 2. The lowest BCUT2D eigenvalue weighted by Crippen LogP contribution is -2.26. The van der Waals surface area contributed by atoms with Crippen molar-refractivity contribution in [3.05, 3.63) is 72.3 Å². The molecule has 1 saturated carbocycles.